The van der Waals surface area contributed by atoms with E-state index >= 15 is 0 Å². The Balaban J connectivity index is 4.08. The van der Waals surface area contributed by atoms with Crippen LogP contribution in [0.15, 0.2) is 0 Å². The van der Waals surface area contributed by atoms with E-state index in [0.29, 0.717) is 13.2 Å². The molecule has 0 aliphatic heterocycles. The summed E-state index contributed by atoms with van der Waals surface area (Å²) >= 11 is 0. The summed E-state index contributed by atoms with van der Waals surface area (Å²) in [5, 5.41) is 0. The van der Waals surface area contributed by atoms with Crippen LogP contribution in [0.1, 0.15) is 20.3 Å². The Morgan fingerprint density at radius 1 is 1.24 bits per heavy atom. The highest BCUT2D eigenvalue weighted by Gasteiger charge is 2.18. The zero-order chi connectivity index (χ0) is 13.3. The van der Waals surface area contributed by atoms with Crippen LogP contribution in [-0.2, 0) is 9.53 Å². The molecule has 0 saturated carbocycles. The quantitative estimate of drug-likeness (QED) is 0.586. The zero-order valence-corrected chi connectivity index (χ0v) is 11.6. The molecule has 5 nitrogen and oxygen atoms in total. The molecule has 0 rings (SSSR count). The molecule has 17 heavy (non-hydrogen) atoms. The Labute approximate surface area is 105 Å². The van der Waals surface area contributed by atoms with E-state index in [0.717, 1.165) is 26.1 Å². The number of hydrogen-bond donors (Lipinski definition) is 1. The predicted molar refractivity (Wildman–Crippen MR) is 69.9 cm³/mol. The lowest BCUT2D eigenvalue weighted by atomic mass is 10.2. The summed E-state index contributed by atoms with van der Waals surface area (Å²) in [6.07, 6.45) is 1.06. The van der Waals surface area contributed by atoms with Gasteiger partial charge in [-0.1, -0.05) is 6.92 Å². The van der Waals surface area contributed by atoms with Crippen molar-refractivity contribution in [2.75, 3.05) is 46.9 Å². The minimum atomic E-state index is -0.538. The normalized spacial score (nSPS) is 13.1. The van der Waals surface area contributed by atoms with E-state index in [1.165, 1.54) is 0 Å². The lowest BCUT2D eigenvalue weighted by molar-refractivity contribution is -0.145. The van der Waals surface area contributed by atoms with Crippen molar-refractivity contribution in [3.8, 4) is 0 Å². The van der Waals surface area contributed by atoms with E-state index < -0.39 is 6.04 Å². The number of nitrogens with zero attached hydrogens (tertiary/aromatic N) is 2. The topological polar surface area (TPSA) is 58.8 Å². The average Bonchev–Trinajstić information content (AvgIpc) is 2.26. The number of rotatable bonds is 9. The Hall–Kier alpha value is -0.650. The Kier molecular flexibility index (Phi) is 9.03. The van der Waals surface area contributed by atoms with E-state index in [1.54, 1.807) is 6.92 Å². The van der Waals surface area contributed by atoms with Crippen molar-refractivity contribution in [3.63, 3.8) is 0 Å². The first kappa shape index (κ1) is 16.4. The van der Waals surface area contributed by atoms with Crippen LogP contribution in [0, 0.1) is 0 Å². The van der Waals surface area contributed by atoms with E-state index in [2.05, 4.69) is 16.7 Å². The summed E-state index contributed by atoms with van der Waals surface area (Å²) in [5.74, 6) is -0.307. The highest BCUT2D eigenvalue weighted by Crippen LogP contribution is 1.96. The van der Waals surface area contributed by atoms with Crippen molar-refractivity contribution in [1.82, 2.24) is 9.80 Å². The molecule has 0 amide bonds. The summed E-state index contributed by atoms with van der Waals surface area (Å²) in [7, 11) is 4.07. The Bertz CT molecular complexity index is 210. The first-order valence-corrected chi connectivity index (χ1v) is 6.30. The van der Waals surface area contributed by atoms with Crippen molar-refractivity contribution in [2.45, 2.75) is 26.3 Å². The summed E-state index contributed by atoms with van der Waals surface area (Å²) < 4.78 is 4.91. The fourth-order valence-corrected chi connectivity index (χ4v) is 1.55. The minimum absolute atomic E-state index is 0.307. The number of carbonyl (C=O) groups is 1. The highest BCUT2D eigenvalue weighted by molar-refractivity contribution is 5.75. The van der Waals surface area contributed by atoms with Crippen LogP contribution >= 0.6 is 0 Å². The largest absolute Gasteiger partial charge is 0.465 e. The van der Waals surface area contributed by atoms with Gasteiger partial charge >= 0.3 is 5.97 Å². The van der Waals surface area contributed by atoms with Crippen LogP contribution in [0.2, 0.25) is 0 Å². The van der Waals surface area contributed by atoms with Gasteiger partial charge in [-0.3, -0.25) is 9.69 Å². The second-order valence-corrected chi connectivity index (χ2v) is 4.46. The lowest BCUT2D eigenvalue weighted by Gasteiger charge is -2.25. The fourth-order valence-electron chi connectivity index (χ4n) is 1.55. The molecule has 0 spiro atoms. The monoisotopic (exact) mass is 245 g/mol. The van der Waals surface area contributed by atoms with Crippen molar-refractivity contribution < 1.29 is 9.53 Å². The van der Waals surface area contributed by atoms with Gasteiger partial charge in [0, 0.05) is 19.6 Å². The predicted octanol–water partition coefficient (Wildman–Crippen LogP) is 0.150. The Morgan fingerprint density at radius 2 is 1.88 bits per heavy atom. The maximum absolute atomic E-state index is 11.4. The maximum atomic E-state index is 11.4. The molecule has 5 heteroatoms. The van der Waals surface area contributed by atoms with Gasteiger partial charge in [-0.15, -0.1) is 0 Å². The molecule has 0 aliphatic carbocycles. The molecule has 0 bridgehead atoms. The third-order valence-corrected chi connectivity index (χ3v) is 2.45. The summed E-state index contributed by atoms with van der Waals surface area (Å²) in [4.78, 5) is 15.8. The molecular weight excluding hydrogens is 218 g/mol. The van der Waals surface area contributed by atoms with Crippen LogP contribution in [0.25, 0.3) is 0 Å². The maximum Gasteiger partial charge on any atom is 0.324 e. The van der Waals surface area contributed by atoms with Crippen LogP contribution in [0.5, 0.6) is 0 Å². The van der Waals surface area contributed by atoms with Crippen LogP contribution in [-0.4, -0.2) is 68.7 Å². The molecule has 2 N–H and O–H groups in total. The van der Waals surface area contributed by atoms with Gasteiger partial charge in [-0.25, -0.2) is 0 Å². The second kappa shape index (κ2) is 9.39. The van der Waals surface area contributed by atoms with E-state index in [1.807, 2.05) is 14.1 Å². The first-order valence-electron chi connectivity index (χ1n) is 6.30. The summed E-state index contributed by atoms with van der Waals surface area (Å²) in [6.45, 7) is 7.72. The standard InChI is InChI=1S/C12H27N3O2/c1-5-7-15(9-8-14(3)4)10-11(13)12(16)17-6-2/h11H,5-10,13H2,1-4H3. The molecule has 1 atom stereocenters. The lowest BCUT2D eigenvalue weighted by Crippen LogP contribution is -2.45. The number of nitrogens with two attached hydrogens (primary N) is 1. The van der Waals surface area contributed by atoms with Crippen LogP contribution < -0.4 is 5.73 Å². The number of ether oxygens (including phenoxy) is 1. The van der Waals surface area contributed by atoms with Gasteiger partial charge in [0.2, 0.25) is 0 Å². The molecule has 0 aromatic heterocycles. The smallest absolute Gasteiger partial charge is 0.324 e. The van der Waals surface area contributed by atoms with Gasteiger partial charge < -0.3 is 15.4 Å². The van der Waals surface area contributed by atoms with E-state index in [-0.39, 0.29) is 5.97 Å². The molecule has 0 fully saturated rings. The molecule has 0 aliphatic rings. The molecule has 0 saturated heterocycles. The van der Waals surface area contributed by atoms with Gasteiger partial charge in [0.05, 0.1) is 6.61 Å². The van der Waals surface area contributed by atoms with Crippen molar-refractivity contribution >= 4 is 5.97 Å². The Morgan fingerprint density at radius 3 is 2.35 bits per heavy atom. The molecule has 1 unspecified atom stereocenters. The van der Waals surface area contributed by atoms with Crippen LogP contribution in [0.3, 0.4) is 0 Å². The van der Waals surface area contributed by atoms with Gasteiger partial charge in [0.25, 0.3) is 0 Å². The number of likely N-dealkylation sites (N-methyl/N-ethyl adjacent to an activating group) is 1. The molecule has 102 valence electrons. The second-order valence-electron chi connectivity index (χ2n) is 4.46. The van der Waals surface area contributed by atoms with Crippen molar-refractivity contribution in [1.29, 1.82) is 0 Å². The number of esters is 1. The van der Waals surface area contributed by atoms with Gasteiger partial charge in [-0.05, 0) is 34.0 Å². The van der Waals surface area contributed by atoms with Crippen molar-refractivity contribution in [2.24, 2.45) is 5.73 Å². The van der Waals surface area contributed by atoms with Gasteiger partial charge in [-0.2, -0.15) is 0 Å². The minimum Gasteiger partial charge on any atom is -0.465 e. The average molecular weight is 245 g/mol. The SMILES string of the molecule is CCCN(CCN(C)C)CC(N)C(=O)OCC. The zero-order valence-electron chi connectivity index (χ0n) is 11.6. The number of carbonyl (C=O) groups excluding carboxylic acids is 1. The van der Waals surface area contributed by atoms with Gasteiger partial charge in [0.15, 0.2) is 0 Å². The fraction of sp³-hybridized carbons (Fsp3) is 0.917. The molecule has 0 aromatic carbocycles. The third-order valence-electron chi connectivity index (χ3n) is 2.45. The van der Waals surface area contributed by atoms with E-state index in [9.17, 15) is 4.79 Å². The van der Waals surface area contributed by atoms with Crippen LogP contribution in [0.4, 0.5) is 0 Å². The molecular formula is C12H27N3O2. The van der Waals surface area contributed by atoms with E-state index in [4.69, 9.17) is 10.5 Å². The van der Waals surface area contributed by atoms with Gasteiger partial charge in [0.1, 0.15) is 6.04 Å². The number of hydrogen-bond acceptors (Lipinski definition) is 5. The van der Waals surface area contributed by atoms with Crippen molar-refractivity contribution in [3.05, 3.63) is 0 Å². The first-order chi connectivity index (χ1) is 8.01. The molecule has 0 radical (unpaired) electrons. The highest BCUT2D eigenvalue weighted by atomic mass is 16.5. The molecule has 0 aromatic rings. The third kappa shape index (κ3) is 8.12. The molecule has 0 heterocycles. The summed E-state index contributed by atoms with van der Waals surface area (Å²) in [6, 6.07) is -0.538. The summed E-state index contributed by atoms with van der Waals surface area (Å²) in [5.41, 5.74) is 5.81.